The SMILES string of the molecule is COCCOCCOc1ccc2c(O)n(-c3nc(C(=O)Nc4cnccc4N4CCNCC4)cs3)cc2c1. The second-order valence-corrected chi connectivity index (χ2v) is 9.46. The number of thiazole rings is 1. The van der Waals surface area contributed by atoms with Gasteiger partial charge in [-0.15, -0.1) is 11.3 Å². The van der Waals surface area contributed by atoms with Gasteiger partial charge in [0.1, 0.15) is 18.1 Å². The molecule has 0 aliphatic carbocycles. The van der Waals surface area contributed by atoms with Crippen molar-refractivity contribution in [1.29, 1.82) is 0 Å². The van der Waals surface area contributed by atoms with Crippen LogP contribution in [0.3, 0.4) is 0 Å². The number of rotatable bonds is 11. The van der Waals surface area contributed by atoms with Crippen LogP contribution in [0.5, 0.6) is 11.6 Å². The van der Waals surface area contributed by atoms with Crippen LogP contribution in [-0.2, 0) is 9.47 Å². The molecular weight excluding hydrogens is 508 g/mol. The third-order valence-electron chi connectivity index (χ3n) is 6.12. The highest BCUT2D eigenvalue weighted by molar-refractivity contribution is 7.12. The van der Waals surface area contributed by atoms with E-state index in [2.05, 4.69) is 25.5 Å². The number of pyridine rings is 1. The fourth-order valence-electron chi connectivity index (χ4n) is 4.21. The van der Waals surface area contributed by atoms with Crippen molar-refractivity contribution in [3.8, 4) is 16.8 Å². The summed E-state index contributed by atoms with van der Waals surface area (Å²) in [4.78, 5) is 23.9. The molecule has 0 radical (unpaired) electrons. The van der Waals surface area contributed by atoms with Gasteiger partial charge in [-0.25, -0.2) is 4.98 Å². The van der Waals surface area contributed by atoms with E-state index < -0.39 is 0 Å². The van der Waals surface area contributed by atoms with Crippen molar-refractivity contribution in [1.82, 2.24) is 19.9 Å². The van der Waals surface area contributed by atoms with Crippen LogP contribution in [0.1, 0.15) is 10.5 Å². The lowest BCUT2D eigenvalue weighted by atomic mass is 10.2. The predicted molar refractivity (Wildman–Crippen MR) is 146 cm³/mol. The summed E-state index contributed by atoms with van der Waals surface area (Å²) in [5.41, 5.74) is 1.83. The number of anilines is 2. The third kappa shape index (κ3) is 5.89. The maximum Gasteiger partial charge on any atom is 0.275 e. The number of nitrogens with one attached hydrogen (secondary N) is 2. The normalized spacial score (nSPS) is 13.7. The van der Waals surface area contributed by atoms with Gasteiger partial charge in [0.2, 0.25) is 5.88 Å². The van der Waals surface area contributed by atoms with Gasteiger partial charge < -0.3 is 34.9 Å². The van der Waals surface area contributed by atoms with E-state index in [0.717, 1.165) is 37.3 Å². The van der Waals surface area contributed by atoms with Gasteiger partial charge in [0.15, 0.2) is 5.13 Å². The molecule has 5 rings (SSSR count). The molecule has 0 saturated carbocycles. The molecule has 4 aromatic rings. The first kappa shape index (κ1) is 25.9. The van der Waals surface area contributed by atoms with Gasteiger partial charge in [-0.3, -0.25) is 14.3 Å². The topological polar surface area (TPSA) is 123 Å². The Kier molecular flexibility index (Phi) is 8.34. The maximum atomic E-state index is 13.0. The van der Waals surface area contributed by atoms with E-state index in [9.17, 15) is 9.90 Å². The molecule has 0 bridgehead atoms. The molecular formula is C26H30N6O5S. The van der Waals surface area contributed by atoms with Crippen LogP contribution in [0, 0.1) is 0 Å². The summed E-state index contributed by atoms with van der Waals surface area (Å²) >= 11 is 1.27. The van der Waals surface area contributed by atoms with Crippen LogP contribution in [0.4, 0.5) is 11.4 Å². The molecule has 1 aromatic carbocycles. The molecule has 12 heteroatoms. The Morgan fingerprint density at radius 3 is 2.87 bits per heavy atom. The number of benzene rings is 1. The summed E-state index contributed by atoms with van der Waals surface area (Å²) < 4.78 is 17.7. The van der Waals surface area contributed by atoms with Crippen molar-refractivity contribution in [2.75, 3.05) is 69.9 Å². The summed E-state index contributed by atoms with van der Waals surface area (Å²) in [6, 6.07) is 7.35. The van der Waals surface area contributed by atoms with Crippen molar-refractivity contribution in [2.45, 2.75) is 0 Å². The first-order valence-electron chi connectivity index (χ1n) is 12.3. The zero-order valence-corrected chi connectivity index (χ0v) is 21.9. The van der Waals surface area contributed by atoms with Crippen LogP contribution >= 0.6 is 11.3 Å². The van der Waals surface area contributed by atoms with E-state index in [1.165, 1.54) is 11.3 Å². The summed E-state index contributed by atoms with van der Waals surface area (Å²) in [6.07, 6.45) is 5.15. The van der Waals surface area contributed by atoms with Gasteiger partial charge >= 0.3 is 0 Å². The molecule has 1 aliphatic heterocycles. The average Bonchev–Trinajstić information content (AvgIpc) is 3.56. The molecule has 3 N–H and O–H groups in total. The van der Waals surface area contributed by atoms with Gasteiger partial charge in [0.25, 0.3) is 5.91 Å². The van der Waals surface area contributed by atoms with E-state index in [-0.39, 0.29) is 17.5 Å². The second kappa shape index (κ2) is 12.2. The zero-order chi connectivity index (χ0) is 26.3. The van der Waals surface area contributed by atoms with Crippen LogP contribution in [-0.4, -0.2) is 85.3 Å². The Hall–Kier alpha value is -3.71. The molecule has 1 amide bonds. The number of methoxy groups -OCH3 is 1. The number of nitrogens with zero attached hydrogens (tertiary/aromatic N) is 4. The molecule has 1 fully saturated rings. The smallest absolute Gasteiger partial charge is 0.275 e. The minimum atomic E-state index is -0.337. The molecule has 0 spiro atoms. The van der Waals surface area contributed by atoms with Gasteiger partial charge in [-0.05, 0) is 24.3 Å². The van der Waals surface area contributed by atoms with E-state index in [1.54, 1.807) is 47.8 Å². The Morgan fingerprint density at radius 1 is 1.18 bits per heavy atom. The number of hydrogen-bond acceptors (Lipinski definition) is 10. The third-order valence-corrected chi connectivity index (χ3v) is 6.96. The number of amides is 1. The number of hydrogen-bond donors (Lipinski definition) is 3. The maximum absolute atomic E-state index is 13.0. The summed E-state index contributed by atoms with van der Waals surface area (Å²) in [5.74, 6) is 0.376. The van der Waals surface area contributed by atoms with E-state index in [0.29, 0.717) is 48.4 Å². The second-order valence-electron chi connectivity index (χ2n) is 8.62. The zero-order valence-electron chi connectivity index (χ0n) is 21.1. The number of piperazine rings is 1. The molecule has 1 saturated heterocycles. The molecule has 4 heterocycles. The van der Waals surface area contributed by atoms with Gasteiger partial charge in [-0.1, -0.05) is 0 Å². The van der Waals surface area contributed by atoms with Gasteiger partial charge in [0, 0.05) is 61.8 Å². The number of aromatic hydroxyl groups is 1. The summed E-state index contributed by atoms with van der Waals surface area (Å²) in [6.45, 7) is 5.39. The number of carbonyl (C=O) groups excluding carboxylic acids is 1. The molecule has 3 aromatic heterocycles. The fourth-order valence-corrected chi connectivity index (χ4v) is 4.99. The highest BCUT2D eigenvalue weighted by atomic mass is 32.1. The predicted octanol–water partition coefficient (Wildman–Crippen LogP) is 2.89. The average molecular weight is 539 g/mol. The summed E-state index contributed by atoms with van der Waals surface area (Å²) in [5, 5.41) is 20.7. The van der Waals surface area contributed by atoms with Crippen LogP contribution < -0.4 is 20.3 Å². The number of ether oxygens (including phenoxy) is 3. The minimum absolute atomic E-state index is 0.0454. The molecule has 200 valence electrons. The quantitative estimate of drug-likeness (QED) is 0.247. The summed E-state index contributed by atoms with van der Waals surface area (Å²) in [7, 11) is 1.63. The molecule has 0 unspecified atom stereocenters. The van der Waals surface area contributed by atoms with Crippen LogP contribution in [0.15, 0.2) is 48.2 Å². The van der Waals surface area contributed by atoms with Crippen molar-refractivity contribution >= 4 is 39.4 Å². The number of aromatic nitrogens is 3. The highest BCUT2D eigenvalue weighted by Crippen LogP contribution is 2.34. The van der Waals surface area contributed by atoms with Crippen molar-refractivity contribution < 1.29 is 24.1 Å². The van der Waals surface area contributed by atoms with Crippen molar-refractivity contribution in [3.05, 3.63) is 53.9 Å². The monoisotopic (exact) mass is 538 g/mol. The largest absolute Gasteiger partial charge is 0.494 e. The lowest BCUT2D eigenvalue weighted by Crippen LogP contribution is -2.43. The van der Waals surface area contributed by atoms with E-state index in [4.69, 9.17) is 14.2 Å². The van der Waals surface area contributed by atoms with Crippen LogP contribution in [0.2, 0.25) is 0 Å². The van der Waals surface area contributed by atoms with Gasteiger partial charge in [-0.2, -0.15) is 0 Å². The number of fused-ring (bicyclic) bond motifs is 1. The molecule has 38 heavy (non-hydrogen) atoms. The van der Waals surface area contributed by atoms with Gasteiger partial charge in [0.05, 0.1) is 37.4 Å². The Morgan fingerprint density at radius 2 is 2.03 bits per heavy atom. The Bertz CT molecular complexity index is 1380. The molecule has 11 nitrogen and oxygen atoms in total. The molecule has 0 atom stereocenters. The lowest BCUT2D eigenvalue weighted by Gasteiger charge is -2.30. The first-order chi connectivity index (χ1) is 18.6. The first-order valence-corrected chi connectivity index (χ1v) is 13.2. The van der Waals surface area contributed by atoms with Crippen molar-refractivity contribution in [3.63, 3.8) is 0 Å². The standard InChI is InChI=1S/C26H30N6O5S/c1-35-10-11-36-12-13-37-19-2-3-20-18(14-19)16-32(25(20)34)26-30-22(17-38-26)24(33)29-21-15-28-5-4-23(21)31-8-6-27-7-9-31/h2-5,14-17,27,34H,6-13H2,1H3,(H,29,33). The highest BCUT2D eigenvalue weighted by Gasteiger charge is 2.19. The lowest BCUT2D eigenvalue weighted by molar-refractivity contribution is 0.0544. The van der Waals surface area contributed by atoms with Crippen molar-refractivity contribution in [2.24, 2.45) is 0 Å². The van der Waals surface area contributed by atoms with E-state index >= 15 is 0 Å². The van der Waals surface area contributed by atoms with Crippen LogP contribution in [0.25, 0.3) is 15.9 Å². The fraction of sp³-hybridized carbons (Fsp3) is 0.346. The minimum Gasteiger partial charge on any atom is -0.494 e. The number of carbonyl (C=O) groups is 1. The molecule has 1 aliphatic rings. The Balaban J connectivity index is 1.27. The Labute approximate surface area is 224 Å². The van der Waals surface area contributed by atoms with E-state index in [1.807, 2.05) is 12.1 Å².